The van der Waals surface area contributed by atoms with Crippen LogP contribution in [-0.4, -0.2) is 18.1 Å². The standard InChI is InChI=1S/C3HClF6O/c4-2(7,3(8,9)10)11-1(5)6/h1H. The average molecular weight is 202 g/mol. The lowest BCUT2D eigenvalue weighted by Crippen LogP contribution is -2.39. The Morgan fingerprint density at radius 3 is 1.55 bits per heavy atom. The summed E-state index contributed by atoms with van der Waals surface area (Å²) < 4.78 is 69.9. The van der Waals surface area contributed by atoms with Crippen molar-refractivity contribution in [3.63, 3.8) is 0 Å². The smallest absolute Gasteiger partial charge is 0.264 e. The monoisotopic (exact) mass is 202 g/mol. The molecule has 0 fully saturated rings. The van der Waals surface area contributed by atoms with E-state index in [2.05, 4.69) is 16.3 Å². The predicted molar refractivity (Wildman–Crippen MR) is 22.8 cm³/mol. The van der Waals surface area contributed by atoms with E-state index in [1.54, 1.807) is 0 Å². The van der Waals surface area contributed by atoms with E-state index >= 15 is 0 Å². The minimum absolute atomic E-state index is 2.44. The second-order valence-corrected chi connectivity index (χ2v) is 1.88. The Morgan fingerprint density at radius 1 is 1.09 bits per heavy atom. The van der Waals surface area contributed by atoms with E-state index in [0.29, 0.717) is 0 Å². The van der Waals surface area contributed by atoms with Gasteiger partial charge in [0.15, 0.2) is 0 Å². The molecule has 1 atom stereocenters. The van der Waals surface area contributed by atoms with Crippen LogP contribution in [0.15, 0.2) is 0 Å². The molecular formula is C3HClF6O. The fourth-order valence-corrected chi connectivity index (χ4v) is 0.246. The Kier molecular flexibility index (Phi) is 3.01. The lowest BCUT2D eigenvalue weighted by atomic mass is 10.6. The number of hydrogen-bond donors (Lipinski definition) is 0. The summed E-state index contributed by atoms with van der Waals surface area (Å²) in [6.07, 6.45) is -5.68. The maximum atomic E-state index is 11.8. The number of hydrogen-bond acceptors (Lipinski definition) is 1. The summed E-state index contributed by atoms with van der Waals surface area (Å²) >= 11 is 3.91. The van der Waals surface area contributed by atoms with Gasteiger partial charge in [0.1, 0.15) is 0 Å². The molecule has 0 amide bonds. The van der Waals surface area contributed by atoms with Crippen molar-refractivity contribution in [1.29, 1.82) is 0 Å². The van der Waals surface area contributed by atoms with Gasteiger partial charge >= 0.3 is 18.1 Å². The van der Waals surface area contributed by atoms with E-state index in [1.807, 2.05) is 0 Å². The molecule has 8 heteroatoms. The Morgan fingerprint density at radius 2 is 1.45 bits per heavy atom. The number of halogens is 7. The van der Waals surface area contributed by atoms with E-state index in [9.17, 15) is 26.3 Å². The first-order valence-corrected chi connectivity index (χ1v) is 2.45. The van der Waals surface area contributed by atoms with Crippen molar-refractivity contribution in [1.82, 2.24) is 0 Å². The highest BCUT2D eigenvalue weighted by Crippen LogP contribution is 2.39. The van der Waals surface area contributed by atoms with Crippen LogP contribution in [0.1, 0.15) is 0 Å². The quantitative estimate of drug-likeness (QED) is 0.494. The van der Waals surface area contributed by atoms with E-state index in [0.717, 1.165) is 0 Å². The summed E-state index contributed by atoms with van der Waals surface area (Å²) in [6.45, 7) is -3.92. The zero-order valence-corrected chi connectivity index (χ0v) is 5.39. The molecule has 0 saturated carbocycles. The molecule has 0 aromatic carbocycles. The minimum Gasteiger partial charge on any atom is -0.264 e. The molecule has 0 spiro atoms. The summed E-state index contributed by atoms with van der Waals surface area (Å²) in [5.41, 5.74) is 0. The molecule has 1 unspecified atom stereocenters. The van der Waals surface area contributed by atoms with Gasteiger partial charge in [-0.25, -0.2) is 0 Å². The first kappa shape index (κ1) is 10.8. The largest absolute Gasteiger partial charge is 0.464 e. The van der Waals surface area contributed by atoms with Crippen LogP contribution in [0.25, 0.3) is 0 Å². The zero-order valence-electron chi connectivity index (χ0n) is 4.63. The molecule has 0 heterocycles. The van der Waals surface area contributed by atoms with Gasteiger partial charge in [-0.2, -0.15) is 26.3 Å². The average Bonchev–Trinajstić information content (AvgIpc) is 1.56. The normalized spacial score (nSPS) is 18.5. The maximum absolute atomic E-state index is 11.8. The molecule has 0 aromatic rings. The molecule has 0 saturated heterocycles. The summed E-state index contributed by atoms with van der Waals surface area (Å²) in [6, 6.07) is 0. The SMILES string of the molecule is FC(F)OC(F)(Cl)C(F)(F)F. The van der Waals surface area contributed by atoms with Gasteiger partial charge in [-0.1, -0.05) is 0 Å². The molecule has 0 bridgehead atoms. The van der Waals surface area contributed by atoms with E-state index in [-0.39, 0.29) is 0 Å². The predicted octanol–water partition coefficient (Wildman–Crippen LogP) is 2.65. The van der Waals surface area contributed by atoms with Crippen LogP contribution in [0.2, 0.25) is 0 Å². The van der Waals surface area contributed by atoms with E-state index < -0.39 is 18.1 Å². The van der Waals surface area contributed by atoms with Crippen molar-refractivity contribution in [3.8, 4) is 0 Å². The second-order valence-electron chi connectivity index (χ2n) is 1.39. The third-order valence-corrected chi connectivity index (χ3v) is 0.870. The van der Waals surface area contributed by atoms with Crippen LogP contribution in [0.5, 0.6) is 0 Å². The minimum atomic E-state index is -5.68. The molecule has 1 nitrogen and oxygen atoms in total. The Labute approximate surface area is 61.9 Å². The molecule has 68 valence electrons. The maximum Gasteiger partial charge on any atom is 0.464 e. The summed E-state index contributed by atoms with van der Waals surface area (Å²) in [7, 11) is 0. The van der Waals surface area contributed by atoms with Crippen molar-refractivity contribution in [2.45, 2.75) is 18.1 Å². The van der Waals surface area contributed by atoms with Crippen molar-refractivity contribution >= 4 is 11.6 Å². The van der Waals surface area contributed by atoms with Crippen LogP contribution in [0, 0.1) is 0 Å². The molecule has 0 radical (unpaired) electrons. The fraction of sp³-hybridized carbons (Fsp3) is 1.00. The van der Waals surface area contributed by atoms with Gasteiger partial charge in [0.05, 0.1) is 0 Å². The number of rotatable bonds is 2. The summed E-state index contributed by atoms with van der Waals surface area (Å²) in [5, 5.41) is -4.82. The van der Waals surface area contributed by atoms with Crippen molar-refractivity contribution in [3.05, 3.63) is 0 Å². The summed E-state index contributed by atoms with van der Waals surface area (Å²) in [4.78, 5) is 0. The highest BCUT2D eigenvalue weighted by molar-refractivity contribution is 6.22. The Balaban J connectivity index is 4.22. The third kappa shape index (κ3) is 3.15. The topological polar surface area (TPSA) is 9.23 Å². The lowest BCUT2D eigenvalue weighted by Gasteiger charge is -2.19. The highest BCUT2D eigenvalue weighted by atomic mass is 35.5. The van der Waals surface area contributed by atoms with Crippen molar-refractivity contribution in [2.75, 3.05) is 0 Å². The fourth-order valence-electron chi connectivity index (χ4n) is 0.179. The van der Waals surface area contributed by atoms with Crippen LogP contribution in [-0.2, 0) is 4.74 Å². The summed E-state index contributed by atoms with van der Waals surface area (Å²) in [5.74, 6) is 0. The number of alkyl halides is 7. The lowest BCUT2D eigenvalue weighted by molar-refractivity contribution is -0.336. The van der Waals surface area contributed by atoms with Gasteiger partial charge < -0.3 is 0 Å². The van der Waals surface area contributed by atoms with Crippen LogP contribution < -0.4 is 0 Å². The molecule has 0 N–H and O–H groups in total. The molecule has 11 heavy (non-hydrogen) atoms. The third-order valence-electron chi connectivity index (χ3n) is 0.567. The van der Waals surface area contributed by atoms with Gasteiger partial charge in [-0.3, -0.25) is 4.74 Å². The molecule has 0 aliphatic heterocycles. The van der Waals surface area contributed by atoms with Crippen molar-refractivity contribution in [2.24, 2.45) is 0 Å². The Hall–Kier alpha value is -0.170. The van der Waals surface area contributed by atoms with Gasteiger partial charge in [0.2, 0.25) is 0 Å². The zero-order chi connectivity index (χ0) is 9.28. The Bertz CT molecular complexity index is 130. The van der Waals surface area contributed by atoms with Gasteiger partial charge in [-0.05, 0) is 11.6 Å². The highest BCUT2D eigenvalue weighted by Gasteiger charge is 2.58. The molecule has 0 aromatic heterocycles. The van der Waals surface area contributed by atoms with Crippen LogP contribution in [0.4, 0.5) is 26.3 Å². The molecule has 0 rings (SSSR count). The first-order chi connectivity index (χ1) is 4.67. The van der Waals surface area contributed by atoms with Gasteiger partial charge in [0, 0.05) is 0 Å². The molecule has 0 aliphatic rings. The van der Waals surface area contributed by atoms with Crippen molar-refractivity contribution < 1.29 is 31.1 Å². The molecular weight excluding hydrogens is 201 g/mol. The van der Waals surface area contributed by atoms with Gasteiger partial charge in [-0.15, -0.1) is 0 Å². The second kappa shape index (κ2) is 3.06. The van der Waals surface area contributed by atoms with E-state index in [1.165, 1.54) is 0 Å². The first-order valence-electron chi connectivity index (χ1n) is 2.07. The van der Waals surface area contributed by atoms with Crippen LogP contribution in [0.3, 0.4) is 0 Å². The van der Waals surface area contributed by atoms with Gasteiger partial charge in [0.25, 0.3) is 0 Å². The molecule has 0 aliphatic carbocycles. The number of ether oxygens (including phenoxy) is 1. The van der Waals surface area contributed by atoms with E-state index in [4.69, 9.17) is 0 Å². The van der Waals surface area contributed by atoms with Crippen LogP contribution >= 0.6 is 11.6 Å².